The van der Waals surface area contributed by atoms with Gasteiger partial charge in [-0.2, -0.15) is 0 Å². The van der Waals surface area contributed by atoms with Gasteiger partial charge in [0.25, 0.3) is 0 Å². The van der Waals surface area contributed by atoms with Gasteiger partial charge in [0.15, 0.2) is 0 Å². The molecule has 2 aromatic rings. The molecule has 0 amide bonds. The third-order valence-corrected chi connectivity index (χ3v) is 3.04. The minimum Gasteiger partial charge on any atom is -0.487 e. The van der Waals surface area contributed by atoms with Crippen molar-refractivity contribution in [1.29, 1.82) is 0 Å². The molecule has 0 saturated heterocycles. The first-order valence-corrected chi connectivity index (χ1v) is 6.54. The highest BCUT2D eigenvalue weighted by Crippen LogP contribution is 2.23. The molecule has 94 valence electrons. The Morgan fingerprint density at radius 2 is 2.06 bits per heavy atom. The van der Waals surface area contributed by atoms with E-state index in [2.05, 4.69) is 20.9 Å². The molecular weight excluding hydrogens is 292 g/mol. The second kappa shape index (κ2) is 5.98. The van der Waals surface area contributed by atoms with E-state index in [-0.39, 0.29) is 6.04 Å². The van der Waals surface area contributed by atoms with Gasteiger partial charge in [0.05, 0.1) is 5.69 Å². The number of nitrogens with zero attached hydrogens (tertiary/aromatic N) is 1. The standard InChI is InChI=1S/C14H15BrN2O/c1-10(16)13-4-2-3-5-14(13)18-9-12-7-6-11(15)8-17-12/h2-8,10H,9,16H2,1H3/t10-/m1/s1. The van der Waals surface area contributed by atoms with Crippen molar-refractivity contribution in [2.45, 2.75) is 19.6 Å². The van der Waals surface area contributed by atoms with Crippen LogP contribution in [0.25, 0.3) is 0 Å². The van der Waals surface area contributed by atoms with Crippen molar-refractivity contribution >= 4 is 15.9 Å². The number of para-hydroxylation sites is 1. The third kappa shape index (κ3) is 3.31. The van der Waals surface area contributed by atoms with Crippen LogP contribution in [0.1, 0.15) is 24.2 Å². The van der Waals surface area contributed by atoms with E-state index >= 15 is 0 Å². The lowest BCUT2D eigenvalue weighted by molar-refractivity contribution is 0.296. The van der Waals surface area contributed by atoms with Crippen LogP contribution in [0.4, 0.5) is 0 Å². The third-order valence-electron chi connectivity index (χ3n) is 2.57. The first kappa shape index (κ1) is 13.1. The van der Waals surface area contributed by atoms with Crippen molar-refractivity contribution in [2.75, 3.05) is 0 Å². The Labute approximate surface area is 115 Å². The molecule has 1 heterocycles. The number of hydrogen-bond donors (Lipinski definition) is 1. The van der Waals surface area contributed by atoms with Gasteiger partial charge < -0.3 is 10.5 Å². The molecule has 0 radical (unpaired) electrons. The van der Waals surface area contributed by atoms with Gasteiger partial charge >= 0.3 is 0 Å². The molecule has 0 aliphatic heterocycles. The van der Waals surface area contributed by atoms with E-state index in [1.54, 1.807) is 6.20 Å². The van der Waals surface area contributed by atoms with E-state index in [1.165, 1.54) is 0 Å². The zero-order chi connectivity index (χ0) is 13.0. The second-order valence-corrected chi connectivity index (χ2v) is 5.00. The second-order valence-electron chi connectivity index (χ2n) is 4.08. The summed E-state index contributed by atoms with van der Waals surface area (Å²) in [6.07, 6.45) is 1.76. The van der Waals surface area contributed by atoms with E-state index in [0.29, 0.717) is 6.61 Å². The molecule has 2 rings (SSSR count). The molecule has 1 aromatic carbocycles. The first-order valence-electron chi connectivity index (χ1n) is 5.74. The van der Waals surface area contributed by atoms with Crippen molar-refractivity contribution in [3.63, 3.8) is 0 Å². The molecule has 1 aromatic heterocycles. The summed E-state index contributed by atoms with van der Waals surface area (Å²) in [4.78, 5) is 4.26. The van der Waals surface area contributed by atoms with Crippen LogP contribution in [0.3, 0.4) is 0 Å². The van der Waals surface area contributed by atoms with Crippen molar-refractivity contribution in [3.05, 3.63) is 58.3 Å². The summed E-state index contributed by atoms with van der Waals surface area (Å²) in [5, 5.41) is 0. The van der Waals surface area contributed by atoms with Gasteiger partial charge in [-0.05, 0) is 41.1 Å². The summed E-state index contributed by atoms with van der Waals surface area (Å²) >= 11 is 3.35. The van der Waals surface area contributed by atoms with Gasteiger partial charge in [-0.15, -0.1) is 0 Å². The zero-order valence-corrected chi connectivity index (χ0v) is 11.7. The predicted molar refractivity (Wildman–Crippen MR) is 75.3 cm³/mol. The molecule has 0 aliphatic rings. The smallest absolute Gasteiger partial charge is 0.130 e. The molecule has 18 heavy (non-hydrogen) atoms. The van der Waals surface area contributed by atoms with Crippen LogP contribution in [-0.2, 0) is 6.61 Å². The van der Waals surface area contributed by atoms with Crippen LogP contribution in [0.2, 0.25) is 0 Å². The first-order chi connectivity index (χ1) is 8.66. The Balaban J connectivity index is 2.08. The van der Waals surface area contributed by atoms with Crippen LogP contribution in [0, 0.1) is 0 Å². The van der Waals surface area contributed by atoms with E-state index in [9.17, 15) is 0 Å². The molecule has 0 spiro atoms. The molecule has 0 unspecified atom stereocenters. The van der Waals surface area contributed by atoms with Crippen molar-refractivity contribution in [2.24, 2.45) is 5.73 Å². The van der Waals surface area contributed by atoms with Gasteiger partial charge in [0, 0.05) is 22.3 Å². The van der Waals surface area contributed by atoms with Crippen LogP contribution in [0.15, 0.2) is 47.1 Å². The van der Waals surface area contributed by atoms with Crippen molar-refractivity contribution in [1.82, 2.24) is 4.98 Å². The Morgan fingerprint density at radius 3 is 2.72 bits per heavy atom. The maximum absolute atomic E-state index is 5.90. The number of benzene rings is 1. The van der Waals surface area contributed by atoms with E-state index < -0.39 is 0 Å². The average molecular weight is 307 g/mol. The molecule has 4 heteroatoms. The maximum atomic E-state index is 5.90. The normalized spacial score (nSPS) is 12.2. The lowest BCUT2D eigenvalue weighted by Gasteiger charge is -2.13. The Bertz CT molecular complexity index is 511. The largest absolute Gasteiger partial charge is 0.487 e. The zero-order valence-electron chi connectivity index (χ0n) is 10.1. The summed E-state index contributed by atoms with van der Waals surface area (Å²) in [6.45, 7) is 2.39. The number of rotatable bonds is 4. The van der Waals surface area contributed by atoms with Crippen molar-refractivity contribution in [3.8, 4) is 5.75 Å². The number of aromatic nitrogens is 1. The summed E-state index contributed by atoms with van der Waals surface area (Å²) < 4.78 is 6.73. The van der Waals surface area contributed by atoms with E-state index in [0.717, 1.165) is 21.5 Å². The van der Waals surface area contributed by atoms with Crippen molar-refractivity contribution < 1.29 is 4.74 Å². The molecule has 0 aliphatic carbocycles. The lowest BCUT2D eigenvalue weighted by Crippen LogP contribution is -2.08. The number of halogens is 1. The summed E-state index contributed by atoms with van der Waals surface area (Å²) in [5.41, 5.74) is 7.80. The topological polar surface area (TPSA) is 48.1 Å². The minimum atomic E-state index is -0.0425. The van der Waals surface area contributed by atoms with Gasteiger partial charge in [-0.25, -0.2) is 0 Å². The maximum Gasteiger partial charge on any atom is 0.130 e. The summed E-state index contributed by atoms with van der Waals surface area (Å²) in [6, 6.07) is 11.6. The highest BCUT2D eigenvalue weighted by molar-refractivity contribution is 9.10. The number of ether oxygens (including phenoxy) is 1. The van der Waals surface area contributed by atoms with Crippen LogP contribution >= 0.6 is 15.9 Å². The number of pyridine rings is 1. The van der Waals surface area contributed by atoms with Gasteiger partial charge in [0.2, 0.25) is 0 Å². The number of hydrogen-bond acceptors (Lipinski definition) is 3. The molecule has 2 N–H and O–H groups in total. The number of nitrogens with two attached hydrogens (primary N) is 1. The predicted octanol–water partition coefficient (Wildman–Crippen LogP) is 3.44. The van der Waals surface area contributed by atoms with Crippen LogP contribution in [-0.4, -0.2) is 4.98 Å². The van der Waals surface area contributed by atoms with Gasteiger partial charge in [0.1, 0.15) is 12.4 Å². The molecule has 0 bridgehead atoms. The fourth-order valence-corrected chi connectivity index (χ4v) is 1.87. The average Bonchev–Trinajstić information content (AvgIpc) is 2.38. The van der Waals surface area contributed by atoms with Gasteiger partial charge in [-0.3, -0.25) is 4.98 Å². The van der Waals surface area contributed by atoms with Crippen LogP contribution < -0.4 is 10.5 Å². The monoisotopic (exact) mass is 306 g/mol. The highest BCUT2D eigenvalue weighted by Gasteiger charge is 2.07. The van der Waals surface area contributed by atoms with Crippen LogP contribution in [0.5, 0.6) is 5.75 Å². The lowest BCUT2D eigenvalue weighted by atomic mass is 10.1. The summed E-state index contributed by atoms with van der Waals surface area (Å²) in [5.74, 6) is 0.817. The molecule has 1 atom stereocenters. The highest BCUT2D eigenvalue weighted by atomic mass is 79.9. The molecule has 3 nitrogen and oxygen atoms in total. The molecule has 0 fully saturated rings. The van der Waals surface area contributed by atoms with Gasteiger partial charge in [-0.1, -0.05) is 18.2 Å². The summed E-state index contributed by atoms with van der Waals surface area (Å²) in [7, 11) is 0. The Kier molecular flexibility index (Phi) is 4.33. The van der Waals surface area contributed by atoms with E-state index in [1.807, 2.05) is 43.3 Å². The minimum absolute atomic E-state index is 0.0425. The fourth-order valence-electron chi connectivity index (χ4n) is 1.63. The quantitative estimate of drug-likeness (QED) is 0.941. The Morgan fingerprint density at radius 1 is 1.28 bits per heavy atom. The molecule has 0 saturated carbocycles. The fraction of sp³-hybridized carbons (Fsp3) is 0.214. The Hall–Kier alpha value is -1.39. The molecular formula is C14H15BrN2O. The SMILES string of the molecule is C[C@@H](N)c1ccccc1OCc1ccc(Br)cn1. The van der Waals surface area contributed by atoms with E-state index in [4.69, 9.17) is 10.5 Å².